The van der Waals surface area contributed by atoms with Crippen molar-refractivity contribution < 1.29 is 9.53 Å². The van der Waals surface area contributed by atoms with Crippen LogP contribution in [-0.2, 0) is 0 Å². The number of ketones is 1. The first kappa shape index (κ1) is 11.9. The lowest BCUT2D eigenvalue weighted by molar-refractivity contribution is 0.0921. The smallest absolute Gasteiger partial charge is 0.200 e. The van der Waals surface area contributed by atoms with Gasteiger partial charge in [0.05, 0.1) is 0 Å². The maximum atomic E-state index is 11.8. The summed E-state index contributed by atoms with van der Waals surface area (Å²) in [4.78, 5) is 11.8. The Morgan fingerprint density at radius 1 is 1.11 bits per heavy atom. The number of carbonyl (C=O) groups is 1. The Kier molecular flexibility index (Phi) is 3.78. The summed E-state index contributed by atoms with van der Waals surface area (Å²) < 4.78 is 5.42. The Morgan fingerprint density at radius 3 is 2.61 bits per heavy atom. The van der Waals surface area contributed by atoms with Crippen molar-refractivity contribution in [2.75, 3.05) is 6.61 Å². The van der Waals surface area contributed by atoms with Crippen LogP contribution in [0.25, 0.3) is 0 Å². The van der Waals surface area contributed by atoms with Crippen molar-refractivity contribution in [1.29, 1.82) is 0 Å². The predicted octanol–water partition coefficient (Wildman–Crippen LogP) is 2.93. The molecule has 0 aliphatic carbocycles. The zero-order valence-electron chi connectivity index (χ0n) is 9.80. The van der Waals surface area contributed by atoms with Gasteiger partial charge in [0.2, 0.25) is 0 Å². The van der Waals surface area contributed by atoms with Gasteiger partial charge in [0.15, 0.2) is 12.4 Å². The molecule has 18 heavy (non-hydrogen) atoms. The van der Waals surface area contributed by atoms with Crippen LogP contribution in [0.15, 0.2) is 54.6 Å². The summed E-state index contributed by atoms with van der Waals surface area (Å²) in [5, 5.41) is 0. The Bertz CT molecular complexity index is 580. The van der Waals surface area contributed by atoms with E-state index >= 15 is 0 Å². The molecule has 0 unspecified atom stereocenters. The highest BCUT2D eigenvalue weighted by Gasteiger charge is 2.05. The van der Waals surface area contributed by atoms with Crippen LogP contribution in [0, 0.1) is 12.3 Å². The highest BCUT2D eigenvalue weighted by molar-refractivity contribution is 5.97. The molecule has 0 N–H and O–H groups in total. The average molecular weight is 236 g/mol. The Morgan fingerprint density at radius 2 is 1.89 bits per heavy atom. The molecule has 0 aliphatic heterocycles. The molecule has 2 aromatic rings. The topological polar surface area (TPSA) is 26.3 Å². The molecule has 2 aromatic carbocycles. The number of ether oxygens (including phenoxy) is 1. The molecule has 0 fully saturated rings. The fraction of sp³-hybridized carbons (Fsp3) is 0.0625. The Labute approximate surface area is 106 Å². The van der Waals surface area contributed by atoms with Crippen molar-refractivity contribution in [3.63, 3.8) is 0 Å². The summed E-state index contributed by atoms with van der Waals surface area (Å²) in [6.45, 7) is 0.0119. The first-order valence-corrected chi connectivity index (χ1v) is 5.57. The number of hydrogen-bond acceptors (Lipinski definition) is 2. The second-order valence-electron chi connectivity index (χ2n) is 3.75. The van der Waals surface area contributed by atoms with Crippen LogP contribution >= 0.6 is 0 Å². The summed E-state index contributed by atoms with van der Waals surface area (Å²) in [6.07, 6.45) is 5.29. The van der Waals surface area contributed by atoms with Gasteiger partial charge in [0.1, 0.15) is 5.75 Å². The van der Waals surface area contributed by atoms with Crippen molar-refractivity contribution in [3.05, 3.63) is 65.7 Å². The summed E-state index contributed by atoms with van der Waals surface area (Å²) >= 11 is 0. The molecule has 0 saturated heterocycles. The maximum absolute atomic E-state index is 11.8. The van der Waals surface area contributed by atoms with Gasteiger partial charge in [0.25, 0.3) is 0 Å². The van der Waals surface area contributed by atoms with Crippen LogP contribution in [-0.4, -0.2) is 12.4 Å². The number of terminal acetylenes is 1. The third-order valence-electron chi connectivity index (χ3n) is 2.47. The monoisotopic (exact) mass is 236 g/mol. The lowest BCUT2D eigenvalue weighted by Crippen LogP contribution is -2.11. The van der Waals surface area contributed by atoms with Gasteiger partial charge in [-0.2, -0.15) is 0 Å². The fourth-order valence-electron chi connectivity index (χ4n) is 1.53. The molecule has 0 aromatic heterocycles. The van der Waals surface area contributed by atoms with Crippen molar-refractivity contribution in [3.8, 4) is 18.1 Å². The van der Waals surface area contributed by atoms with Gasteiger partial charge in [-0.1, -0.05) is 42.3 Å². The van der Waals surface area contributed by atoms with Crippen LogP contribution in [0.2, 0.25) is 0 Å². The second-order valence-corrected chi connectivity index (χ2v) is 3.75. The standard InChI is InChI=1S/C16H12O2/c1-2-13-7-6-10-15(11-13)18-12-16(17)14-8-4-3-5-9-14/h1,3-11H,12H2. The number of benzene rings is 2. The minimum Gasteiger partial charge on any atom is -0.485 e. The normalized spacial score (nSPS) is 9.50. The third kappa shape index (κ3) is 2.99. The maximum Gasteiger partial charge on any atom is 0.200 e. The molecule has 2 rings (SSSR count). The van der Waals surface area contributed by atoms with E-state index in [1.54, 1.807) is 30.3 Å². The molecule has 0 amide bonds. The summed E-state index contributed by atoms with van der Waals surface area (Å²) in [5.74, 6) is 3.07. The summed E-state index contributed by atoms with van der Waals surface area (Å²) in [6, 6.07) is 16.2. The molecule has 0 saturated carbocycles. The fourth-order valence-corrected chi connectivity index (χ4v) is 1.53. The van der Waals surface area contributed by atoms with Gasteiger partial charge in [-0.05, 0) is 18.2 Å². The van der Waals surface area contributed by atoms with Gasteiger partial charge in [0, 0.05) is 11.1 Å². The predicted molar refractivity (Wildman–Crippen MR) is 70.6 cm³/mol. The number of hydrogen-bond donors (Lipinski definition) is 0. The Hall–Kier alpha value is -2.53. The molecular weight excluding hydrogens is 224 g/mol. The molecule has 88 valence electrons. The minimum atomic E-state index is -0.0540. The number of carbonyl (C=O) groups excluding carboxylic acids is 1. The number of Topliss-reactive ketones (excluding diaryl/α,β-unsaturated/α-hetero) is 1. The molecular formula is C16H12O2. The van der Waals surface area contributed by atoms with Gasteiger partial charge in [-0.15, -0.1) is 6.42 Å². The highest BCUT2D eigenvalue weighted by atomic mass is 16.5. The van der Waals surface area contributed by atoms with E-state index in [0.29, 0.717) is 11.3 Å². The average Bonchev–Trinajstić information content (AvgIpc) is 2.46. The molecule has 0 heterocycles. The molecule has 0 aliphatic rings. The van der Waals surface area contributed by atoms with E-state index in [4.69, 9.17) is 11.2 Å². The van der Waals surface area contributed by atoms with Crippen LogP contribution in [0.4, 0.5) is 0 Å². The lowest BCUT2D eigenvalue weighted by Gasteiger charge is -2.05. The van der Waals surface area contributed by atoms with E-state index in [0.717, 1.165) is 5.56 Å². The van der Waals surface area contributed by atoms with Crippen molar-refractivity contribution >= 4 is 5.78 Å². The number of rotatable bonds is 4. The lowest BCUT2D eigenvalue weighted by atomic mass is 10.1. The SMILES string of the molecule is C#Cc1cccc(OCC(=O)c2ccccc2)c1. The van der Waals surface area contributed by atoms with Crippen LogP contribution in [0.3, 0.4) is 0 Å². The highest BCUT2D eigenvalue weighted by Crippen LogP contribution is 2.13. The van der Waals surface area contributed by atoms with Gasteiger partial charge >= 0.3 is 0 Å². The van der Waals surface area contributed by atoms with Crippen molar-refractivity contribution in [1.82, 2.24) is 0 Å². The van der Waals surface area contributed by atoms with E-state index in [2.05, 4.69) is 5.92 Å². The van der Waals surface area contributed by atoms with E-state index < -0.39 is 0 Å². The first-order chi connectivity index (χ1) is 8.79. The summed E-state index contributed by atoms with van der Waals surface area (Å²) in [5.41, 5.74) is 1.38. The van der Waals surface area contributed by atoms with Crippen LogP contribution in [0.5, 0.6) is 5.75 Å². The largest absolute Gasteiger partial charge is 0.485 e. The van der Waals surface area contributed by atoms with Gasteiger partial charge in [-0.3, -0.25) is 4.79 Å². The van der Waals surface area contributed by atoms with Gasteiger partial charge < -0.3 is 4.74 Å². The molecule has 2 heteroatoms. The molecule has 0 bridgehead atoms. The van der Waals surface area contributed by atoms with Crippen molar-refractivity contribution in [2.45, 2.75) is 0 Å². The van der Waals surface area contributed by atoms with E-state index in [9.17, 15) is 4.79 Å². The molecule has 0 atom stereocenters. The summed E-state index contributed by atoms with van der Waals surface area (Å²) in [7, 11) is 0. The minimum absolute atomic E-state index is 0.0119. The molecule has 0 radical (unpaired) electrons. The zero-order valence-corrected chi connectivity index (χ0v) is 9.80. The van der Waals surface area contributed by atoms with E-state index in [-0.39, 0.29) is 12.4 Å². The van der Waals surface area contributed by atoms with Crippen LogP contribution < -0.4 is 4.74 Å². The molecule has 0 spiro atoms. The van der Waals surface area contributed by atoms with E-state index in [1.807, 2.05) is 24.3 Å². The Balaban J connectivity index is 2.00. The van der Waals surface area contributed by atoms with Crippen molar-refractivity contribution in [2.24, 2.45) is 0 Å². The second kappa shape index (κ2) is 5.70. The first-order valence-electron chi connectivity index (χ1n) is 5.57. The third-order valence-corrected chi connectivity index (χ3v) is 2.47. The van der Waals surface area contributed by atoms with Gasteiger partial charge in [-0.25, -0.2) is 0 Å². The zero-order chi connectivity index (χ0) is 12.8. The quantitative estimate of drug-likeness (QED) is 0.602. The van der Waals surface area contributed by atoms with E-state index in [1.165, 1.54) is 0 Å². The molecule has 2 nitrogen and oxygen atoms in total. The van der Waals surface area contributed by atoms with Crippen LogP contribution in [0.1, 0.15) is 15.9 Å².